The van der Waals surface area contributed by atoms with Crippen molar-refractivity contribution in [3.8, 4) is 0 Å². The molecule has 1 heterocycles. The minimum atomic E-state index is -0.902. The number of hydrogen-bond donors (Lipinski definition) is 1. The number of hydrogen-bond acceptors (Lipinski definition) is 3. The number of benzene rings is 1. The molecule has 3 rings (SSSR count). The zero-order valence-electron chi connectivity index (χ0n) is 12.7. The third-order valence-corrected chi connectivity index (χ3v) is 3.98. The molecule has 0 radical (unpaired) electrons. The lowest BCUT2D eigenvalue weighted by molar-refractivity contribution is 0.0697. The van der Waals surface area contributed by atoms with Crippen LogP contribution in [0.5, 0.6) is 0 Å². The van der Waals surface area contributed by atoms with E-state index in [9.17, 15) is 4.79 Å². The van der Waals surface area contributed by atoms with Gasteiger partial charge in [-0.2, -0.15) is 0 Å². The molecule has 21 heavy (non-hydrogen) atoms. The Morgan fingerprint density at radius 2 is 2.19 bits per heavy atom. The Morgan fingerprint density at radius 1 is 1.48 bits per heavy atom. The molecule has 1 atom stereocenters. The van der Waals surface area contributed by atoms with Crippen LogP contribution in [0.15, 0.2) is 18.2 Å². The van der Waals surface area contributed by atoms with Gasteiger partial charge in [-0.1, -0.05) is 0 Å². The van der Waals surface area contributed by atoms with E-state index in [0.29, 0.717) is 17.5 Å². The summed E-state index contributed by atoms with van der Waals surface area (Å²) in [6, 6.07) is 5.56. The van der Waals surface area contributed by atoms with Crippen LogP contribution in [-0.2, 0) is 0 Å². The fourth-order valence-corrected chi connectivity index (χ4v) is 2.95. The number of carboxylic acid groups (broad SMARTS) is 1. The Bertz CT molecular complexity index is 686. The SMILES string of the molecule is CC(CN(C)C)n1c(C2CC2)nc2cc(C(=O)O)ccc21. The number of carbonyl (C=O) groups is 1. The van der Waals surface area contributed by atoms with Crippen molar-refractivity contribution in [2.45, 2.75) is 31.7 Å². The van der Waals surface area contributed by atoms with Crippen molar-refractivity contribution in [2.24, 2.45) is 0 Å². The first-order chi connectivity index (χ1) is 9.97. The first-order valence-corrected chi connectivity index (χ1v) is 7.37. The lowest BCUT2D eigenvalue weighted by Gasteiger charge is -2.21. The quantitative estimate of drug-likeness (QED) is 0.918. The molecular formula is C16H21N3O2. The molecule has 0 aliphatic heterocycles. The van der Waals surface area contributed by atoms with Gasteiger partial charge in [-0.05, 0) is 52.1 Å². The number of rotatable bonds is 5. The molecule has 1 aromatic carbocycles. The average Bonchev–Trinajstić information content (AvgIpc) is 3.17. The van der Waals surface area contributed by atoms with E-state index in [1.54, 1.807) is 12.1 Å². The number of carboxylic acids is 1. The summed E-state index contributed by atoms with van der Waals surface area (Å²) in [6.07, 6.45) is 2.37. The van der Waals surface area contributed by atoms with Crippen LogP contribution in [-0.4, -0.2) is 46.2 Å². The summed E-state index contributed by atoms with van der Waals surface area (Å²) >= 11 is 0. The molecule has 1 aromatic heterocycles. The van der Waals surface area contributed by atoms with E-state index in [1.807, 2.05) is 6.07 Å². The number of nitrogens with zero attached hydrogens (tertiary/aromatic N) is 3. The second kappa shape index (κ2) is 5.15. The largest absolute Gasteiger partial charge is 0.478 e. The van der Waals surface area contributed by atoms with E-state index in [0.717, 1.165) is 23.4 Å². The summed E-state index contributed by atoms with van der Waals surface area (Å²) < 4.78 is 2.29. The molecule has 0 spiro atoms. The van der Waals surface area contributed by atoms with Gasteiger partial charge in [-0.25, -0.2) is 9.78 Å². The molecule has 5 nitrogen and oxygen atoms in total. The maximum atomic E-state index is 11.1. The van der Waals surface area contributed by atoms with Crippen LogP contribution < -0.4 is 0 Å². The van der Waals surface area contributed by atoms with E-state index in [4.69, 9.17) is 10.1 Å². The van der Waals surface area contributed by atoms with Crippen LogP contribution in [0.25, 0.3) is 11.0 Å². The summed E-state index contributed by atoms with van der Waals surface area (Å²) in [5, 5.41) is 9.13. The van der Waals surface area contributed by atoms with Gasteiger partial charge >= 0.3 is 5.97 Å². The molecule has 1 N–H and O–H groups in total. The van der Waals surface area contributed by atoms with E-state index in [1.165, 1.54) is 12.8 Å². The monoisotopic (exact) mass is 287 g/mol. The molecule has 1 aliphatic carbocycles. The first kappa shape index (κ1) is 14.1. The van der Waals surface area contributed by atoms with Gasteiger partial charge in [-0.3, -0.25) is 0 Å². The summed E-state index contributed by atoms with van der Waals surface area (Å²) in [5.74, 6) is 0.748. The maximum Gasteiger partial charge on any atom is 0.335 e. The highest BCUT2D eigenvalue weighted by Crippen LogP contribution is 2.41. The van der Waals surface area contributed by atoms with Crippen molar-refractivity contribution in [1.29, 1.82) is 0 Å². The summed E-state index contributed by atoms with van der Waals surface area (Å²) in [5.41, 5.74) is 2.13. The zero-order valence-corrected chi connectivity index (χ0v) is 12.7. The number of likely N-dealkylation sites (N-methyl/N-ethyl adjacent to an activating group) is 1. The molecule has 0 amide bonds. The minimum absolute atomic E-state index is 0.301. The van der Waals surface area contributed by atoms with Gasteiger partial charge < -0.3 is 14.6 Å². The Balaban J connectivity index is 2.11. The second-order valence-electron chi connectivity index (χ2n) is 6.23. The van der Waals surface area contributed by atoms with Crippen LogP contribution >= 0.6 is 0 Å². The smallest absolute Gasteiger partial charge is 0.335 e. The molecule has 1 unspecified atom stereocenters. The Labute approximate surface area is 124 Å². The van der Waals surface area contributed by atoms with E-state index >= 15 is 0 Å². The van der Waals surface area contributed by atoms with Gasteiger partial charge in [0.2, 0.25) is 0 Å². The van der Waals surface area contributed by atoms with Gasteiger partial charge in [0.15, 0.2) is 0 Å². The highest BCUT2D eigenvalue weighted by Gasteiger charge is 2.31. The van der Waals surface area contributed by atoms with Crippen molar-refractivity contribution in [3.05, 3.63) is 29.6 Å². The van der Waals surface area contributed by atoms with Gasteiger partial charge in [0.05, 0.1) is 16.6 Å². The number of aromatic carboxylic acids is 1. The normalized spacial score (nSPS) is 16.6. The highest BCUT2D eigenvalue weighted by atomic mass is 16.4. The van der Waals surface area contributed by atoms with E-state index in [2.05, 4.69) is 30.5 Å². The third kappa shape index (κ3) is 2.65. The maximum absolute atomic E-state index is 11.1. The standard InChI is InChI=1S/C16H21N3O2/c1-10(9-18(2)3)19-14-7-6-12(16(20)21)8-13(14)17-15(19)11-4-5-11/h6-8,10-11H,4-5,9H2,1-3H3,(H,20,21). The van der Waals surface area contributed by atoms with Crippen molar-refractivity contribution in [1.82, 2.24) is 14.5 Å². The fourth-order valence-electron chi connectivity index (χ4n) is 2.95. The number of aromatic nitrogens is 2. The van der Waals surface area contributed by atoms with Crippen LogP contribution in [0, 0.1) is 0 Å². The van der Waals surface area contributed by atoms with Crippen LogP contribution in [0.4, 0.5) is 0 Å². The van der Waals surface area contributed by atoms with E-state index < -0.39 is 5.97 Å². The molecule has 1 aliphatic rings. The van der Waals surface area contributed by atoms with Crippen LogP contribution in [0.2, 0.25) is 0 Å². The predicted molar refractivity (Wildman–Crippen MR) is 81.9 cm³/mol. The Kier molecular flexibility index (Phi) is 3.45. The Hall–Kier alpha value is -1.88. The van der Waals surface area contributed by atoms with Gasteiger partial charge in [0.25, 0.3) is 0 Å². The molecule has 1 fully saturated rings. The van der Waals surface area contributed by atoms with Crippen LogP contribution in [0.1, 0.15) is 47.9 Å². The first-order valence-electron chi connectivity index (χ1n) is 7.37. The topological polar surface area (TPSA) is 58.4 Å². The predicted octanol–water partition coefficient (Wildman–Crippen LogP) is 2.73. The number of imidazole rings is 1. The van der Waals surface area contributed by atoms with Crippen LogP contribution in [0.3, 0.4) is 0 Å². The lowest BCUT2D eigenvalue weighted by Crippen LogP contribution is -2.23. The van der Waals surface area contributed by atoms with Crippen molar-refractivity contribution in [3.63, 3.8) is 0 Å². The number of fused-ring (bicyclic) bond motifs is 1. The minimum Gasteiger partial charge on any atom is -0.478 e. The molecule has 112 valence electrons. The summed E-state index contributed by atoms with van der Waals surface area (Å²) in [7, 11) is 4.13. The third-order valence-electron chi connectivity index (χ3n) is 3.98. The molecule has 0 bridgehead atoms. The zero-order chi connectivity index (χ0) is 15.1. The second-order valence-corrected chi connectivity index (χ2v) is 6.23. The molecule has 0 saturated heterocycles. The average molecular weight is 287 g/mol. The molecule has 1 saturated carbocycles. The van der Waals surface area contributed by atoms with Gasteiger partial charge in [0, 0.05) is 18.5 Å². The van der Waals surface area contributed by atoms with Crippen molar-refractivity contribution >= 4 is 17.0 Å². The molecular weight excluding hydrogens is 266 g/mol. The van der Waals surface area contributed by atoms with Gasteiger partial charge in [-0.15, -0.1) is 0 Å². The summed E-state index contributed by atoms with van der Waals surface area (Å²) in [4.78, 5) is 18.0. The Morgan fingerprint density at radius 3 is 2.76 bits per heavy atom. The van der Waals surface area contributed by atoms with Gasteiger partial charge in [0.1, 0.15) is 5.82 Å². The fraction of sp³-hybridized carbons (Fsp3) is 0.500. The van der Waals surface area contributed by atoms with Crippen molar-refractivity contribution < 1.29 is 9.90 Å². The molecule has 2 aromatic rings. The lowest BCUT2D eigenvalue weighted by atomic mass is 10.2. The van der Waals surface area contributed by atoms with E-state index in [-0.39, 0.29) is 0 Å². The van der Waals surface area contributed by atoms with Crippen molar-refractivity contribution in [2.75, 3.05) is 20.6 Å². The molecule has 5 heteroatoms. The highest BCUT2D eigenvalue weighted by molar-refractivity contribution is 5.92. The summed E-state index contributed by atoms with van der Waals surface area (Å²) in [6.45, 7) is 3.13.